The lowest BCUT2D eigenvalue weighted by molar-refractivity contribution is 0.767. The smallest absolute Gasteiger partial charge is 0.0880 e. The Kier molecular flexibility index (Phi) is 9.18. The summed E-state index contributed by atoms with van der Waals surface area (Å²) < 4.78 is 2.47. The van der Waals surface area contributed by atoms with Gasteiger partial charge in [0.15, 0.2) is 0 Å². The molecule has 312 valence electrons. The van der Waals surface area contributed by atoms with Crippen molar-refractivity contribution in [3.05, 3.63) is 277 Å². The van der Waals surface area contributed by atoms with Crippen LogP contribution in [0.5, 0.6) is 0 Å². The monoisotopic (exact) mass is 860 g/mol. The molecule has 0 amide bonds. The second-order valence-corrected chi connectivity index (χ2v) is 18.7. The average Bonchev–Trinajstić information content (AvgIpc) is 4.09. The zero-order chi connectivity index (χ0) is 43.6. The molecule has 0 N–H and O–H groups in total. The van der Waals surface area contributed by atoms with Gasteiger partial charge < -0.3 is 9.47 Å². The molecular formula is C63H44N2S. The number of nitrogens with zero attached hydrogens (tertiary/aromatic N) is 2. The first-order chi connectivity index (χ1) is 32.7. The molecular weight excluding hydrogens is 817 g/mol. The number of hydrogen-bond donors (Lipinski definition) is 0. The van der Waals surface area contributed by atoms with Crippen molar-refractivity contribution in [3.8, 4) is 27.9 Å². The number of benzene rings is 10. The van der Waals surface area contributed by atoms with Crippen LogP contribution >= 0.6 is 11.8 Å². The van der Waals surface area contributed by atoms with Crippen molar-refractivity contribution in [2.45, 2.75) is 17.2 Å². The van der Waals surface area contributed by atoms with E-state index in [1.54, 1.807) is 0 Å². The quantitative estimate of drug-likeness (QED) is 0.150. The van der Waals surface area contributed by atoms with Gasteiger partial charge in [0.1, 0.15) is 0 Å². The van der Waals surface area contributed by atoms with E-state index in [0.29, 0.717) is 0 Å². The van der Waals surface area contributed by atoms with Gasteiger partial charge in [-0.15, -0.1) is 11.8 Å². The first-order valence-electron chi connectivity index (χ1n) is 22.9. The van der Waals surface area contributed by atoms with Crippen LogP contribution in [0.25, 0.3) is 65.4 Å². The molecule has 1 unspecified atom stereocenters. The zero-order valence-electron chi connectivity index (χ0n) is 36.3. The third kappa shape index (κ3) is 6.04. The Morgan fingerprint density at radius 2 is 1.06 bits per heavy atom. The van der Waals surface area contributed by atoms with Crippen LogP contribution in [0, 0.1) is 0 Å². The lowest BCUT2D eigenvalue weighted by Gasteiger charge is -2.34. The molecule has 0 saturated carbocycles. The number of para-hydroxylation sites is 1. The van der Waals surface area contributed by atoms with E-state index in [1.165, 1.54) is 98.9 Å². The van der Waals surface area contributed by atoms with Crippen molar-refractivity contribution in [2.75, 3.05) is 4.90 Å². The summed E-state index contributed by atoms with van der Waals surface area (Å²) in [5.41, 5.74) is 16.9. The van der Waals surface area contributed by atoms with Crippen LogP contribution in [0.2, 0.25) is 0 Å². The van der Waals surface area contributed by atoms with Crippen molar-refractivity contribution >= 4 is 60.6 Å². The highest BCUT2D eigenvalue weighted by Gasteiger charge is 2.46. The average molecular weight is 861 g/mol. The van der Waals surface area contributed by atoms with Gasteiger partial charge in [0.2, 0.25) is 0 Å². The first-order valence-corrected chi connectivity index (χ1v) is 23.8. The Labute approximate surface area is 389 Å². The summed E-state index contributed by atoms with van der Waals surface area (Å²) >= 11 is 1.96. The maximum absolute atomic E-state index is 2.55. The van der Waals surface area contributed by atoms with E-state index in [2.05, 4.69) is 258 Å². The molecule has 1 atom stereocenters. The maximum atomic E-state index is 2.55. The summed E-state index contributed by atoms with van der Waals surface area (Å²) in [5, 5.41) is 5.22. The number of fused-ring (bicyclic) bond motifs is 7. The van der Waals surface area contributed by atoms with Crippen molar-refractivity contribution in [1.29, 1.82) is 0 Å². The molecule has 1 aromatic heterocycles. The fourth-order valence-corrected chi connectivity index (χ4v) is 12.4. The van der Waals surface area contributed by atoms with Crippen LogP contribution in [0.1, 0.15) is 34.2 Å². The second-order valence-electron chi connectivity index (χ2n) is 17.5. The summed E-state index contributed by atoms with van der Waals surface area (Å²) in [6, 6.07) is 89.7. The summed E-state index contributed by atoms with van der Waals surface area (Å²) in [6.07, 6.45) is 3.37. The van der Waals surface area contributed by atoms with E-state index in [0.717, 1.165) is 12.1 Å². The summed E-state index contributed by atoms with van der Waals surface area (Å²) in [6.45, 7) is 0. The minimum atomic E-state index is -0.469. The Balaban J connectivity index is 0.916. The third-order valence-electron chi connectivity index (χ3n) is 14.0. The topological polar surface area (TPSA) is 8.17 Å². The van der Waals surface area contributed by atoms with Gasteiger partial charge in [0, 0.05) is 32.4 Å². The van der Waals surface area contributed by atoms with E-state index in [1.807, 2.05) is 11.8 Å². The molecule has 1 aliphatic carbocycles. The predicted octanol–water partition coefficient (Wildman–Crippen LogP) is 16.6. The molecule has 0 fully saturated rings. The molecule has 0 bridgehead atoms. The molecule has 2 nitrogen and oxygen atoms in total. The fraction of sp³-hybridized carbons (Fsp3) is 0.0476. The Bertz CT molecular complexity index is 3600. The van der Waals surface area contributed by atoms with E-state index in [4.69, 9.17) is 0 Å². The Morgan fingerprint density at radius 3 is 1.85 bits per heavy atom. The van der Waals surface area contributed by atoms with Gasteiger partial charge in [-0.1, -0.05) is 200 Å². The van der Waals surface area contributed by atoms with Crippen LogP contribution in [-0.2, 0) is 5.41 Å². The molecule has 66 heavy (non-hydrogen) atoms. The minimum absolute atomic E-state index is 0.221. The SMILES string of the molecule is C1=C(c2ccccc2)SC(N(c2ccc(-c3ccc4c(c3)c3ccccc3n4-c3ccc4c(c3)C(c3ccccc3)(c3ccccc3)c3ccccc3-4)cc2)c2cccc3ccccc23)C1. The van der Waals surface area contributed by atoms with Crippen molar-refractivity contribution in [1.82, 2.24) is 4.57 Å². The molecule has 13 rings (SSSR count). The van der Waals surface area contributed by atoms with Crippen molar-refractivity contribution in [2.24, 2.45) is 0 Å². The van der Waals surface area contributed by atoms with Crippen LogP contribution in [0.15, 0.2) is 249 Å². The van der Waals surface area contributed by atoms with Crippen molar-refractivity contribution < 1.29 is 0 Å². The van der Waals surface area contributed by atoms with E-state index in [-0.39, 0.29) is 5.37 Å². The van der Waals surface area contributed by atoms with Gasteiger partial charge in [-0.25, -0.2) is 0 Å². The molecule has 3 heteroatoms. The fourth-order valence-electron chi connectivity index (χ4n) is 11.1. The molecule has 2 heterocycles. The summed E-state index contributed by atoms with van der Waals surface area (Å²) in [4.78, 5) is 3.89. The van der Waals surface area contributed by atoms with Crippen LogP contribution < -0.4 is 4.90 Å². The van der Waals surface area contributed by atoms with Gasteiger partial charge in [-0.2, -0.15) is 0 Å². The standard InChI is InChI=1S/C63H44N2S/c1-4-18-45(19-5-1)61-39-40-62(66-61)65(58-30-16-20-44-17-10-11-25-51(44)58)49-34-31-43(32-35-49)46-33-38-60-55(41-46)54-27-13-15-29-59(54)64(60)50-36-37-53-52-26-12-14-28-56(52)63(57(53)42-50,47-21-6-2-7-22-47)48-23-8-3-9-24-48/h1-39,41-42,62H,40H2. The Morgan fingerprint density at radius 1 is 0.439 bits per heavy atom. The zero-order valence-corrected chi connectivity index (χ0v) is 37.1. The largest absolute Gasteiger partial charge is 0.328 e. The second kappa shape index (κ2) is 15.7. The normalized spacial score (nSPS) is 14.9. The summed E-state index contributed by atoms with van der Waals surface area (Å²) in [5.74, 6) is 0. The van der Waals surface area contributed by atoms with Crippen LogP contribution in [0.4, 0.5) is 11.4 Å². The van der Waals surface area contributed by atoms with E-state index < -0.39 is 5.41 Å². The lowest BCUT2D eigenvalue weighted by Crippen LogP contribution is -2.28. The Hall–Kier alpha value is -7.85. The predicted molar refractivity (Wildman–Crippen MR) is 280 cm³/mol. The first kappa shape index (κ1) is 38.6. The van der Waals surface area contributed by atoms with Gasteiger partial charge >= 0.3 is 0 Å². The molecule has 0 spiro atoms. The number of thioether (sulfide) groups is 1. The highest BCUT2D eigenvalue weighted by atomic mass is 32.2. The number of hydrogen-bond acceptors (Lipinski definition) is 2. The summed E-state index contributed by atoms with van der Waals surface area (Å²) in [7, 11) is 0. The number of rotatable bonds is 8. The van der Waals surface area contributed by atoms with Crippen LogP contribution in [0.3, 0.4) is 0 Å². The minimum Gasteiger partial charge on any atom is -0.328 e. The lowest BCUT2D eigenvalue weighted by atomic mass is 9.67. The molecule has 0 saturated heterocycles. The van der Waals surface area contributed by atoms with Gasteiger partial charge in [0.05, 0.1) is 27.5 Å². The van der Waals surface area contributed by atoms with Gasteiger partial charge in [0.25, 0.3) is 0 Å². The van der Waals surface area contributed by atoms with Gasteiger partial charge in [-0.3, -0.25) is 0 Å². The van der Waals surface area contributed by atoms with Crippen LogP contribution in [-0.4, -0.2) is 9.94 Å². The van der Waals surface area contributed by atoms with E-state index >= 15 is 0 Å². The highest BCUT2D eigenvalue weighted by molar-refractivity contribution is 8.09. The number of aromatic nitrogens is 1. The molecule has 0 radical (unpaired) electrons. The van der Waals surface area contributed by atoms with Gasteiger partial charge in [-0.05, 0) is 110 Å². The molecule has 1 aliphatic heterocycles. The molecule has 2 aliphatic rings. The van der Waals surface area contributed by atoms with E-state index in [9.17, 15) is 0 Å². The molecule has 10 aromatic carbocycles. The number of anilines is 2. The van der Waals surface area contributed by atoms with Crippen molar-refractivity contribution in [3.63, 3.8) is 0 Å². The third-order valence-corrected chi connectivity index (χ3v) is 15.3. The highest BCUT2D eigenvalue weighted by Crippen LogP contribution is 2.57. The molecule has 11 aromatic rings. The maximum Gasteiger partial charge on any atom is 0.0880 e.